The number of fused-ring (bicyclic) bond motifs is 3. The van der Waals surface area contributed by atoms with Gasteiger partial charge >= 0.3 is 0 Å². The van der Waals surface area contributed by atoms with E-state index in [9.17, 15) is 4.79 Å². The third-order valence-corrected chi connectivity index (χ3v) is 5.81. The number of methoxy groups -OCH3 is 1. The summed E-state index contributed by atoms with van der Waals surface area (Å²) in [6, 6.07) is 12.3. The highest BCUT2D eigenvalue weighted by molar-refractivity contribution is 5.93. The van der Waals surface area contributed by atoms with Crippen molar-refractivity contribution in [2.45, 2.75) is 31.8 Å². The van der Waals surface area contributed by atoms with Gasteiger partial charge in [-0.15, -0.1) is 0 Å². The molecule has 1 aromatic carbocycles. The predicted molar refractivity (Wildman–Crippen MR) is 97.8 cm³/mol. The normalized spacial score (nSPS) is 27.9. The van der Waals surface area contributed by atoms with Gasteiger partial charge in [-0.25, -0.2) is 0 Å². The molecule has 0 aliphatic carbocycles. The summed E-state index contributed by atoms with van der Waals surface area (Å²) in [5.74, 6) is 1.43. The second kappa shape index (κ2) is 6.56. The number of hydrogen-bond acceptors (Lipinski definition) is 3. The molecule has 2 atom stereocenters. The minimum Gasteiger partial charge on any atom is -0.497 e. The molecule has 2 N–H and O–H groups in total. The lowest BCUT2D eigenvalue weighted by atomic mass is 9.79. The van der Waals surface area contributed by atoms with Crippen molar-refractivity contribution in [3.05, 3.63) is 42.1 Å². The van der Waals surface area contributed by atoms with Gasteiger partial charge in [0.15, 0.2) is 0 Å². The molecule has 3 aliphatic rings. The van der Waals surface area contributed by atoms with E-state index in [1.807, 2.05) is 36.4 Å². The van der Waals surface area contributed by atoms with E-state index in [1.54, 1.807) is 7.11 Å². The Labute approximate surface area is 148 Å². The maximum Gasteiger partial charge on any atom is 0.267 e. The van der Waals surface area contributed by atoms with Crippen LogP contribution in [-0.4, -0.2) is 48.1 Å². The van der Waals surface area contributed by atoms with Crippen molar-refractivity contribution in [2.75, 3.05) is 20.2 Å². The highest BCUT2D eigenvalue weighted by Gasteiger charge is 2.40. The smallest absolute Gasteiger partial charge is 0.267 e. The molecule has 0 spiro atoms. The number of aromatic amines is 1. The molecule has 4 heterocycles. The molecule has 0 radical (unpaired) electrons. The number of carbonyl (C=O) groups is 1. The Hall–Kier alpha value is -2.27. The monoisotopic (exact) mass is 339 g/mol. The maximum atomic E-state index is 12.7. The number of aromatic nitrogens is 1. The topological polar surface area (TPSA) is 57.4 Å². The number of amides is 1. The molecule has 2 bridgehead atoms. The van der Waals surface area contributed by atoms with E-state index >= 15 is 0 Å². The van der Waals surface area contributed by atoms with E-state index < -0.39 is 0 Å². The zero-order valence-electron chi connectivity index (χ0n) is 14.8. The van der Waals surface area contributed by atoms with Crippen LogP contribution >= 0.6 is 0 Å². The first-order chi connectivity index (χ1) is 12.2. The van der Waals surface area contributed by atoms with Gasteiger partial charge < -0.3 is 15.0 Å². The third-order valence-electron chi connectivity index (χ3n) is 5.81. The summed E-state index contributed by atoms with van der Waals surface area (Å²) in [5, 5.41) is 3.27. The van der Waals surface area contributed by atoms with Crippen LogP contribution in [0.5, 0.6) is 5.75 Å². The van der Waals surface area contributed by atoms with Gasteiger partial charge in [0, 0.05) is 17.8 Å². The van der Waals surface area contributed by atoms with Crippen LogP contribution in [-0.2, 0) is 0 Å². The average Bonchev–Trinajstić information content (AvgIpc) is 3.15. The molecule has 1 amide bonds. The first kappa shape index (κ1) is 16.2. The molecular weight excluding hydrogens is 314 g/mol. The Bertz CT molecular complexity index is 743. The van der Waals surface area contributed by atoms with Crippen LogP contribution < -0.4 is 10.1 Å². The molecule has 5 nitrogen and oxygen atoms in total. The third kappa shape index (κ3) is 3.04. The van der Waals surface area contributed by atoms with Crippen molar-refractivity contribution in [3.8, 4) is 17.0 Å². The summed E-state index contributed by atoms with van der Waals surface area (Å²) in [6.45, 7) is 4.57. The lowest BCUT2D eigenvalue weighted by Gasteiger charge is -2.49. The number of nitrogens with zero attached hydrogens (tertiary/aromatic N) is 1. The fourth-order valence-corrected chi connectivity index (χ4v) is 4.24. The first-order valence-electron chi connectivity index (χ1n) is 9.04. The van der Waals surface area contributed by atoms with E-state index in [-0.39, 0.29) is 11.9 Å². The SMILES string of the molecule is COc1ccc(-c2ccc(C(=O)N[C@@H]3C4CCN(CC4)[C@H]3C)[nH]2)cc1. The van der Waals surface area contributed by atoms with E-state index in [1.165, 1.54) is 25.9 Å². The van der Waals surface area contributed by atoms with Crippen LogP contribution in [0.4, 0.5) is 0 Å². The summed E-state index contributed by atoms with van der Waals surface area (Å²) >= 11 is 0. The van der Waals surface area contributed by atoms with Gasteiger partial charge in [-0.05, 0) is 80.7 Å². The molecule has 0 unspecified atom stereocenters. The number of benzene rings is 1. The van der Waals surface area contributed by atoms with Crippen molar-refractivity contribution >= 4 is 5.91 Å². The minimum atomic E-state index is -0.00892. The number of carbonyl (C=O) groups excluding carboxylic acids is 1. The average molecular weight is 339 g/mol. The molecule has 5 rings (SSSR count). The molecular formula is C20H25N3O2. The number of H-pyrrole nitrogens is 1. The molecule has 132 valence electrons. The number of nitrogens with one attached hydrogen (secondary N) is 2. The van der Waals surface area contributed by atoms with Gasteiger partial charge in [0.2, 0.25) is 0 Å². The number of ether oxygens (including phenoxy) is 1. The van der Waals surface area contributed by atoms with Gasteiger partial charge in [-0.2, -0.15) is 0 Å². The van der Waals surface area contributed by atoms with Crippen molar-refractivity contribution in [2.24, 2.45) is 5.92 Å². The largest absolute Gasteiger partial charge is 0.497 e. The zero-order chi connectivity index (χ0) is 17.4. The molecule has 1 aromatic heterocycles. The van der Waals surface area contributed by atoms with Crippen molar-refractivity contribution in [1.29, 1.82) is 0 Å². The summed E-state index contributed by atoms with van der Waals surface area (Å²) in [5.41, 5.74) is 2.60. The van der Waals surface area contributed by atoms with Gasteiger partial charge in [0.05, 0.1) is 7.11 Å². The lowest BCUT2D eigenvalue weighted by Crippen LogP contribution is -2.62. The molecule has 3 fully saturated rings. The van der Waals surface area contributed by atoms with Crippen LogP contribution in [0.1, 0.15) is 30.3 Å². The van der Waals surface area contributed by atoms with E-state index in [0.717, 1.165) is 17.0 Å². The summed E-state index contributed by atoms with van der Waals surface area (Å²) in [7, 11) is 1.65. The Balaban J connectivity index is 1.47. The zero-order valence-corrected chi connectivity index (χ0v) is 14.8. The van der Waals surface area contributed by atoms with Crippen LogP contribution in [0, 0.1) is 5.92 Å². The first-order valence-corrected chi connectivity index (χ1v) is 9.04. The molecule has 25 heavy (non-hydrogen) atoms. The highest BCUT2D eigenvalue weighted by Crippen LogP contribution is 2.32. The van der Waals surface area contributed by atoms with E-state index in [0.29, 0.717) is 17.7 Å². The van der Waals surface area contributed by atoms with E-state index in [4.69, 9.17) is 4.74 Å². The minimum absolute atomic E-state index is 0.00892. The molecule has 3 saturated heterocycles. The quantitative estimate of drug-likeness (QED) is 0.900. The van der Waals surface area contributed by atoms with E-state index in [2.05, 4.69) is 22.1 Å². The lowest BCUT2D eigenvalue weighted by molar-refractivity contribution is 0.0216. The van der Waals surface area contributed by atoms with Crippen molar-refractivity contribution in [1.82, 2.24) is 15.2 Å². The fourth-order valence-electron chi connectivity index (χ4n) is 4.24. The van der Waals surface area contributed by atoms with Gasteiger partial charge in [0.1, 0.15) is 11.4 Å². The van der Waals surface area contributed by atoms with Gasteiger partial charge in [-0.1, -0.05) is 0 Å². The maximum absolute atomic E-state index is 12.7. The summed E-state index contributed by atoms with van der Waals surface area (Å²) < 4.78 is 5.19. The van der Waals surface area contributed by atoms with Crippen molar-refractivity contribution in [3.63, 3.8) is 0 Å². The van der Waals surface area contributed by atoms with Crippen LogP contribution in [0.3, 0.4) is 0 Å². The Kier molecular flexibility index (Phi) is 4.25. The number of rotatable bonds is 4. The molecule has 3 aliphatic heterocycles. The van der Waals surface area contributed by atoms with Gasteiger partial charge in [0.25, 0.3) is 5.91 Å². The fraction of sp³-hybridized carbons (Fsp3) is 0.450. The highest BCUT2D eigenvalue weighted by atomic mass is 16.5. The Morgan fingerprint density at radius 3 is 2.52 bits per heavy atom. The second-order valence-corrected chi connectivity index (χ2v) is 7.13. The summed E-state index contributed by atoms with van der Waals surface area (Å²) in [4.78, 5) is 18.4. The molecule has 5 heteroatoms. The second-order valence-electron chi connectivity index (χ2n) is 7.13. The van der Waals surface area contributed by atoms with Gasteiger partial charge in [-0.3, -0.25) is 9.69 Å². The Morgan fingerprint density at radius 1 is 1.16 bits per heavy atom. The Morgan fingerprint density at radius 2 is 1.88 bits per heavy atom. The molecule has 2 aromatic rings. The standard InChI is InChI=1S/C20H25N3O2/c1-13-19(15-9-11-23(13)12-10-15)22-20(24)18-8-7-17(21-18)14-3-5-16(25-2)6-4-14/h3-8,13,15,19,21H,9-12H2,1-2H3,(H,22,24)/t13-,19-/m0/s1. The number of hydrogen-bond donors (Lipinski definition) is 2. The van der Waals surface area contributed by atoms with Crippen LogP contribution in [0.2, 0.25) is 0 Å². The molecule has 0 saturated carbocycles. The number of piperidine rings is 3. The van der Waals surface area contributed by atoms with Crippen LogP contribution in [0.25, 0.3) is 11.3 Å². The summed E-state index contributed by atoms with van der Waals surface area (Å²) in [6.07, 6.45) is 2.38. The van der Waals surface area contributed by atoms with Crippen LogP contribution in [0.15, 0.2) is 36.4 Å². The predicted octanol–water partition coefficient (Wildman–Crippen LogP) is 2.90. The van der Waals surface area contributed by atoms with Crippen molar-refractivity contribution < 1.29 is 9.53 Å².